The second kappa shape index (κ2) is 7.91. The van der Waals surface area contributed by atoms with Crippen LogP contribution in [-0.2, 0) is 16.0 Å². The molecule has 5 nitrogen and oxygen atoms in total. The summed E-state index contributed by atoms with van der Waals surface area (Å²) in [4.78, 5) is 27.7. The van der Waals surface area contributed by atoms with E-state index in [1.54, 1.807) is 13.0 Å². The molecule has 0 bridgehead atoms. The Bertz CT molecular complexity index is 828. The Balaban J connectivity index is 1.72. The Kier molecular flexibility index (Phi) is 5.61. The SMILES string of the molecule is CCOC(=O)c1cc(C)sc1NC(=O)CN1CCCc2cc(C)ccc21. The van der Waals surface area contributed by atoms with Gasteiger partial charge in [0, 0.05) is 17.1 Å². The number of fused-ring (bicyclic) bond motifs is 1. The van der Waals surface area contributed by atoms with Gasteiger partial charge in [-0.2, -0.15) is 0 Å². The second-order valence-electron chi connectivity index (χ2n) is 6.53. The van der Waals surface area contributed by atoms with Crippen molar-refractivity contribution in [3.05, 3.63) is 45.8 Å². The van der Waals surface area contributed by atoms with Gasteiger partial charge in [-0.15, -0.1) is 11.3 Å². The summed E-state index contributed by atoms with van der Waals surface area (Å²) in [6, 6.07) is 8.13. The quantitative estimate of drug-likeness (QED) is 0.808. The predicted octanol–water partition coefficient (Wildman–Crippen LogP) is 3.93. The normalized spacial score (nSPS) is 13.3. The number of amides is 1. The third-order valence-electron chi connectivity index (χ3n) is 4.39. The topological polar surface area (TPSA) is 58.6 Å². The van der Waals surface area contributed by atoms with E-state index in [1.165, 1.54) is 22.5 Å². The highest BCUT2D eigenvalue weighted by Gasteiger charge is 2.22. The number of nitrogens with zero attached hydrogens (tertiary/aromatic N) is 1. The minimum absolute atomic E-state index is 0.120. The lowest BCUT2D eigenvalue weighted by Crippen LogP contribution is -2.36. The van der Waals surface area contributed by atoms with Gasteiger partial charge in [-0.1, -0.05) is 17.7 Å². The molecule has 1 aliphatic heterocycles. The van der Waals surface area contributed by atoms with Crippen LogP contribution in [0.25, 0.3) is 0 Å². The summed E-state index contributed by atoms with van der Waals surface area (Å²) in [5, 5.41) is 3.46. The number of thiophene rings is 1. The van der Waals surface area contributed by atoms with E-state index in [-0.39, 0.29) is 12.5 Å². The molecule has 0 atom stereocenters. The average molecular weight is 372 g/mol. The lowest BCUT2D eigenvalue weighted by molar-refractivity contribution is -0.115. The van der Waals surface area contributed by atoms with Crippen LogP contribution in [0.4, 0.5) is 10.7 Å². The van der Waals surface area contributed by atoms with Gasteiger partial charge in [0.2, 0.25) is 5.91 Å². The van der Waals surface area contributed by atoms with E-state index in [0.717, 1.165) is 30.0 Å². The molecule has 0 unspecified atom stereocenters. The third-order valence-corrected chi connectivity index (χ3v) is 5.35. The first kappa shape index (κ1) is 18.5. The monoisotopic (exact) mass is 372 g/mol. The van der Waals surface area contributed by atoms with Crippen molar-refractivity contribution in [2.75, 3.05) is 29.9 Å². The minimum Gasteiger partial charge on any atom is -0.462 e. The molecule has 26 heavy (non-hydrogen) atoms. The molecular weight excluding hydrogens is 348 g/mol. The van der Waals surface area contributed by atoms with Gasteiger partial charge in [0.25, 0.3) is 0 Å². The lowest BCUT2D eigenvalue weighted by Gasteiger charge is -2.31. The summed E-state index contributed by atoms with van der Waals surface area (Å²) in [5.41, 5.74) is 4.09. The van der Waals surface area contributed by atoms with Gasteiger partial charge in [0.05, 0.1) is 18.7 Å². The summed E-state index contributed by atoms with van der Waals surface area (Å²) >= 11 is 1.40. The number of hydrogen-bond donors (Lipinski definition) is 1. The largest absolute Gasteiger partial charge is 0.462 e. The van der Waals surface area contributed by atoms with Crippen LogP contribution in [-0.4, -0.2) is 31.6 Å². The zero-order chi connectivity index (χ0) is 18.7. The van der Waals surface area contributed by atoms with E-state index in [0.29, 0.717) is 17.2 Å². The van der Waals surface area contributed by atoms with Crippen molar-refractivity contribution in [3.63, 3.8) is 0 Å². The fraction of sp³-hybridized carbons (Fsp3) is 0.400. The Labute approximate surface area is 158 Å². The van der Waals surface area contributed by atoms with E-state index in [9.17, 15) is 9.59 Å². The van der Waals surface area contributed by atoms with E-state index in [1.807, 2.05) is 6.92 Å². The van der Waals surface area contributed by atoms with Gasteiger partial charge >= 0.3 is 5.97 Å². The fourth-order valence-electron chi connectivity index (χ4n) is 3.28. The number of esters is 1. The summed E-state index contributed by atoms with van der Waals surface area (Å²) in [7, 11) is 0. The summed E-state index contributed by atoms with van der Waals surface area (Å²) in [6.07, 6.45) is 2.09. The smallest absolute Gasteiger partial charge is 0.341 e. The van der Waals surface area contributed by atoms with Crippen LogP contribution in [0.1, 0.15) is 39.7 Å². The summed E-state index contributed by atoms with van der Waals surface area (Å²) in [5.74, 6) is -0.517. The molecule has 1 amide bonds. The number of ether oxygens (including phenoxy) is 1. The van der Waals surface area contributed by atoms with Gasteiger partial charge < -0.3 is 15.0 Å². The number of aryl methyl sites for hydroxylation is 3. The first-order valence-electron chi connectivity index (χ1n) is 8.89. The maximum atomic E-state index is 12.6. The molecule has 0 aliphatic carbocycles. The Morgan fingerprint density at radius 3 is 2.85 bits per heavy atom. The van der Waals surface area contributed by atoms with Crippen LogP contribution in [0, 0.1) is 13.8 Å². The van der Waals surface area contributed by atoms with Crippen LogP contribution in [0.15, 0.2) is 24.3 Å². The predicted molar refractivity (Wildman–Crippen MR) is 105 cm³/mol. The summed E-state index contributed by atoms with van der Waals surface area (Å²) < 4.78 is 5.08. The highest BCUT2D eigenvalue weighted by atomic mass is 32.1. The lowest BCUT2D eigenvalue weighted by atomic mass is 9.99. The van der Waals surface area contributed by atoms with Crippen LogP contribution >= 0.6 is 11.3 Å². The molecule has 2 aromatic rings. The number of benzene rings is 1. The molecule has 1 aromatic carbocycles. The molecule has 2 heterocycles. The van der Waals surface area contributed by atoms with Gasteiger partial charge in [0.15, 0.2) is 0 Å². The number of anilines is 2. The van der Waals surface area contributed by atoms with Crippen molar-refractivity contribution in [2.45, 2.75) is 33.6 Å². The summed E-state index contributed by atoms with van der Waals surface area (Å²) in [6.45, 7) is 7.21. The molecule has 0 spiro atoms. The van der Waals surface area contributed by atoms with Crippen molar-refractivity contribution in [3.8, 4) is 0 Å². The first-order valence-corrected chi connectivity index (χ1v) is 9.71. The molecule has 1 aliphatic rings. The van der Waals surface area contributed by atoms with Crippen molar-refractivity contribution in [2.24, 2.45) is 0 Å². The van der Waals surface area contributed by atoms with Crippen LogP contribution in [0.5, 0.6) is 0 Å². The number of carbonyl (C=O) groups excluding carboxylic acids is 2. The molecule has 138 valence electrons. The molecule has 0 saturated carbocycles. The van der Waals surface area contributed by atoms with Crippen LogP contribution in [0.2, 0.25) is 0 Å². The first-order chi connectivity index (χ1) is 12.5. The second-order valence-corrected chi connectivity index (χ2v) is 7.78. The highest BCUT2D eigenvalue weighted by Crippen LogP contribution is 2.30. The van der Waals surface area contributed by atoms with E-state index < -0.39 is 5.97 Å². The number of carbonyl (C=O) groups is 2. The van der Waals surface area contributed by atoms with Gasteiger partial charge in [-0.25, -0.2) is 4.79 Å². The van der Waals surface area contributed by atoms with Crippen LogP contribution in [0.3, 0.4) is 0 Å². The van der Waals surface area contributed by atoms with E-state index >= 15 is 0 Å². The Morgan fingerprint density at radius 2 is 2.08 bits per heavy atom. The maximum absolute atomic E-state index is 12.6. The molecule has 1 N–H and O–H groups in total. The Hall–Kier alpha value is -2.34. The van der Waals surface area contributed by atoms with Crippen molar-refractivity contribution in [1.82, 2.24) is 0 Å². The molecule has 1 aromatic heterocycles. The maximum Gasteiger partial charge on any atom is 0.341 e. The van der Waals surface area contributed by atoms with Crippen molar-refractivity contribution < 1.29 is 14.3 Å². The third kappa shape index (κ3) is 4.07. The van der Waals surface area contributed by atoms with E-state index in [2.05, 4.69) is 35.3 Å². The number of hydrogen-bond acceptors (Lipinski definition) is 5. The standard InChI is InChI=1S/C20H24N2O3S/c1-4-25-20(24)16-11-14(3)26-19(16)21-18(23)12-22-9-5-6-15-10-13(2)7-8-17(15)22/h7-8,10-11H,4-6,9,12H2,1-3H3,(H,21,23). The van der Waals surface area contributed by atoms with Gasteiger partial charge in [0.1, 0.15) is 5.00 Å². The van der Waals surface area contributed by atoms with Crippen molar-refractivity contribution in [1.29, 1.82) is 0 Å². The zero-order valence-corrected chi connectivity index (χ0v) is 16.2. The Morgan fingerprint density at radius 1 is 1.27 bits per heavy atom. The van der Waals surface area contributed by atoms with Crippen LogP contribution < -0.4 is 10.2 Å². The molecule has 0 saturated heterocycles. The zero-order valence-electron chi connectivity index (χ0n) is 15.4. The molecule has 0 radical (unpaired) electrons. The van der Waals surface area contributed by atoms with E-state index in [4.69, 9.17) is 4.74 Å². The molecule has 0 fully saturated rings. The average Bonchev–Trinajstić information content (AvgIpc) is 2.95. The fourth-order valence-corrected chi connectivity index (χ4v) is 4.19. The number of rotatable bonds is 5. The van der Waals surface area contributed by atoms with Gasteiger partial charge in [-0.3, -0.25) is 4.79 Å². The molecule has 3 rings (SSSR count). The number of nitrogens with one attached hydrogen (secondary N) is 1. The highest BCUT2D eigenvalue weighted by molar-refractivity contribution is 7.16. The molecule has 6 heteroatoms. The van der Waals surface area contributed by atoms with Gasteiger partial charge in [-0.05, 0) is 51.3 Å². The molecular formula is C20H24N2O3S. The minimum atomic E-state index is -0.397. The van der Waals surface area contributed by atoms with Crippen molar-refractivity contribution >= 4 is 33.9 Å².